The maximum absolute atomic E-state index is 14.6. The summed E-state index contributed by atoms with van der Waals surface area (Å²) in [6.45, 7) is 8.92. The number of allylic oxidation sites excluding steroid dienone is 1. The molecule has 0 radical (unpaired) electrons. The van der Waals surface area contributed by atoms with Crippen LogP contribution in [-0.2, 0) is 9.31 Å². The molecule has 0 saturated carbocycles. The van der Waals surface area contributed by atoms with Gasteiger partial charge in [-0.05, 0) is 57.9 Å². The second-order valence-corrected chi connectivity index (χ2v) is 6.30. The predicted octanol–water partition coefficient (Wildman–Crippen LogP) is 3.43. The van der Waals surface area contributed by atoms with Gasteiger partial charge in [0.05, 0.1) is 11.2 Å². The molecule has 21 heavy (non-hydrogen) atoms. The van der Waals surface area contributed by atoms with Crippen LogP contribution < -0.4 is 0 Å². The van der Waals surface area contributed by atoms with Gasteiger partial charge < -0.3 is 19.5 Å². The Morgan fingerprint density at radius 3 is 1.86 bits per heavy atom. The van der Waals surface area contributed by atoms with E-state index in [4.69, 9.17) is 9.31 Å². The Hall–Kier alpha value is -1.53. The molecule has 1 aromatic carbocycles. The minimum Gasteiger partial charge on any atom is -0.508 e. The highest BCUT2D eigenvalue weighted by molar-refractivity contribution is 6.55. The van der Waals surface area contributed by atoms with Crippen LogP contribution >= 0.6 is 0 Å². The number of phenols is 2. The van der Waals surface area contributed by atoms with Crippen molar-refractivity contribution < 1.29 is 23.9 Å². The van der Waals surface area contributed by atoms with Gasteiger partial charge in [0.15, 0.2) is 0 Å². The van der Waals surface area contributed by atoms with Crippen molar-refractivity contribution in [1.82, 2.24) is 0 Å². The summed E-state index contributed by atoms with van der Waals surface area (Å²) in [6.07, 6.45) is 0. The second-order valence-electron chi connectivity index (χ2n) is 6.30. The minimum absolute atomic E-state index is 0.133. The molecule has 0 atom stereocenters. The lowest BCUT2D eigenvalue weighted by atomic mass is 9.83. The van der Waals surface area contributed by atoms with Gasteiger partial charge in [-0.3, -0.25) is 0 Å². The molecule has 1 aliphatic heterocycles. The molecule has 1 aromatic rings. The molecule has 1 aliphatic rings. The number of hydrogen-bond acceptors (Lipinski definition) is 4. The molecule has 2 rings (SSSR count). The van der Waals surface area contributed by atoms with E-state index in [1.165, 1.54) is 18.2 Å². The van der Waals surface area contributed by atoms with E-state index in [9.17, 15) is 14.6 Å². The molecule has 0 bridgehead atoms. The maximum atomic E-state index is 14.6. The lowest BCUT2D eigenvalue weighted by Gasteiger charge is -2.32. The lowest BCUT2D eigenvalue weighted by Crippen LogP contribution is -2.41. The molecule has 0 unspecified atom stereocenters. The fourth-order valence-corrected chi connectivity index (χ4v) is 2.07. The number of phenolic OH excluding ortho intramolecular Hbond substituents is 2. The van der Waals surface area contributed by atoms with E-state index in [1.54, 1.807) is 6.92 Å². The lowest BCUT2D eigenvalue weighted by molar-refractivity contribution is 0.00578. The van der Waals surface area contributed by atoms with Gasteiger partial charge in [0.2, 0.25) is 0 Å². The summed E-state index contributed by atoms with van der Waals surface area (Å²) >= 11 is 0. The topological polar surface area (TPSA) is 58.9 Å². The Kier molecular flexibility index (Phi) is 3.80. The monoisotopic (exact) mass is 294 g/mol. The fourth-order valence-electron chi connectivity index (χ4n) is 2.07. The van der Waals surface area contributed by atoms with Crippen LogP contribution in [0.25, 0.3) is 5.57 Å². The standard InChI is InChI=1S/C15H20BFO4/c1-9(10-6-11(18)8-12(19)7-10)13(17)16-20-14(2,3)15(4,5)21-16/h6-8,18-19H,1-5H3. The molecule has 2 N–H and O–H groups in total. The summed E-state index contributed by atoms with van der Waals surface area (Å²) in [6, 6.07) is 3.93. The van der Waals surface area contributed by atoms with Gasteiger partial charge in [0.1, 0.15) is 17.2 Å². The SMILES string of the molecule is CC(=C(F)B1OC(C)(C)C(C)(C)O1)c1cc(O)cc(O)c1. The van der Waals surface area contributed by atoms with E-state index in [1.807, 2.05) is 27.7 Å². The van der Waals surface area contributed by atoms with Crippen LogP contribution in [0.1, 0.15) is 40.2 Å². The number of aromatic hydroxyl groups is 2. The van der Waals surface area contributed by atoms with Crippen molar-refractivity contribution in [2.45, 2.75) is 45.8 Å². The van der Waals surface area contributed by atoms with E-state index in [-0.39, 0.29) is 17.1 Å². The van der Waals surface area contributed by atoms with Gasteiger partial charge in [0.25, 0.3) is 0 Å². The molecule has 0 spiro atoms. The van der Waals surface area contributed by atoms with E-state index in [0.717, 1.165) is 0 Å². The Bertz CT molecular complexity index is 559. The number of hydrogen-bond donors (Lipinski definition) is 2. The van der Waals surface area contributed by atoms with Crippen LogP contribution in [0.3, 0.4) is 0 Å². The summed E-state index contributed by atoms with van der Waals surface area (Å²) in [5.74, 6) is -0.267. The Labute approximate surface area is 124 Å². The summed E-state index contributed by atoms with van der Waals surface area (Å²) in [5, 5.41) is 19.0. The van der Waals surface area contributed by atoms with Crippen LogP contribution in [0, 0.1) is 0 Å². The largest absolute Gasteiger partial charge is 0.525 e. The van der Waals surface area contributed by atoms with Crippen LogP contribution in [0.5, 0.6) is 11.5 Å². The molecular formula is C15H20BFO4. The van der Waals surface area contributed by atoms with Crippen molar-refractivity contribution in [1.29, 1.82) is 0 Å². The number of benzene rings is 1. The van der Waals surface area contributed by atoms with Crippen molar-refractivity contribution in [3.63, 3.8) is 0 Å². The third-order valence-corrected chi connectivity index (χ3v) is 4.15. The first-order chi connectivity index (χ1) is 9.53. The van der Waals surface area contributed by atoms with Crippen LogP contribution in [0.15, 0.2) is 23.9 Å². The molecule has 4 nitrogen and oxygen atoms in total. The van der Waals surface area contributed by atoms with E-state index in [0.29, 0.717) is 5.56 Å². The predicted molar refractivity (Wildman–Crippen MR) is 79.6 cm³/mol. The van der Waals surface area contributed by atoms with Crippen LogP contribution in [0.2, 0.25) is 0 Å². The van der Waals surface area contributed by atoms with Gasteiger partial charge >= 0.3 is 7.12 Å². The van der Waals surface area contributed by atoms with Crippen molar-refractivity contribution in [3.8, 4) is 11.5 Å². The third kappa shape index (κ3) is 2.92. The Morgan fingerprint density at radius 2 is 1.43 bits per heavy atom. The van der Waals surface area contributed by atoms with Crippen molar-refractivity contribution in [2.75, 3.05) is 0 Å². The molecule has 0 aromatic heterocycles. The van der Waals surface area contributed by atoms with Crippen molar-refractivity contribution in [3.05, 3.63) is 29.5 Å². The molecule has 0 aliphatic carbocycles. The molecule has 1 heterocycles. The quantitative estimate of drug-likeness (QED) is 0.820. The highest BCUT2D eigenvalue weighted by Gasteiger charge is 2.53. The summed E-state index contributed by atoms with van der Waals surface area (Å²) in [5.41, 5.74) is -1.20. The second kappa shape index (κ2) is 5.03. The van der Waals surface area contributed by atoms with Gasteiger partial charge in [0, 0.05) is 6.07 Å². The Morgan fingerprint density at radius 1 is 1.00 bits per heavy atom. The van der Waals surface area contributed by atoms with E-state index >= 15 is 0 Å². The Balaban J connectivity index is 2.36. The molecule has 0 amide bonds. The fraction of sp³-hybridized carbons (Fsp3) is 0.467. The van der Waals surface area contributed by atoms with Crippen molar-refractivity contribution >= 4 is 12.7 Å². The molecular weight excluding hydrogens is 274 g/mol. The highest BCUT2D eigenvalue weighted by atomic mass is 19.1. The maximum Gasteiger partial charge on any atom is 0.525 e. The molecule has 1 saturated heterocycles. The first-order valence-electron chi connectivity index (χ1n) is 6.79. The van der Waals surface area contributed by atoms with Crippen LogP contribution in [-0.4, -0.2) is 28.5 Å². The van der Waals surface area contributed by atoms with Crippen LogP contribution in [0.4, 0.5) is 4.39 Å². The summed E-state index contributed by atoms with van der Waals surface area (Å²) in [4.78, 5) is 0. The van der Waals surface area contributed by atoms with Gasteiger partial charge in [-0.15, -0.1) is 0 Å². The normalized spacial score (nSPS) is 21.3. The van der Waals surface area contributed by atoms with Crippen molar-refractivity contribution in [2.24, 2.45) is 0 Å². The van der Waals surface area contributed by atoms with Gasteiger partial charge in [-0.25, -0.2) is 4.39 Å². The highest BCUT2D eigenvalue weighted by Crippen LogP contribution is 2.40. The van der Waals surface area contributed by atoms with Gasteiger partial charge in [-0.1, -0.05) is 0 Å². The van der Waals surface area contributed by atoms with E-state index < -0.39 is 24.0 Å². The first kappa shape index (κ1) is 15.9. The first-order valence-corrected chi connectivity index (χ1v) is 6.79. The molecule has 114 valence electrons. The minimum atomic E-state index is -1.10. The summed E-state index contributed by atoms with van der Waals surface area (Å²) in [7, 11) is -1.10. The van der Waals surface area contributed by atoms with Gasteiger partial charge in [-0.2, -0.15) is 0 Å². The molecule has 6 heteroatoms. The zero-order chi connectivity index (χ0) is 16.0. The molecule has 1 fully saturated rings. The number of rotatable bonds is 2. The number of halogens is 1. The smallest absolute Gasteiger partial charge is 0.508 e. The zero-order valence-corrected chi connectivity index (χ0v) is 12.9. The third-order valence-electron chi connectivity index (χ3n) is 4.15. The van der Waals surface area contributed by atoms with E-state index in [2.05, 4.69) is 0 Å². The average molecular weight is 294 g/mol. The zero-order valence-electron chi connectivity index (χ0n) is 12.9. The summed E-state index contributed by atoms with van der Waals surface area (Å²) < 4.78 is 25.9. The average Bonchev–Trinajstić information content (AvgIpc) is 2.55.